The second kappa shape index (κ2) is 2.48. The van der Waals surface area contributed by atoms with Crippen molar-refractivity contribution in [3.63, 3.8) is 0 Å². The second-order valence-electron chi connectivity index (χ2n) is 2.52. The highest BCUT2D eigenvalue weighted by Crippen LogP contribution is 2.17. The third-order valence-corrected chi connectivity index (χ3v) is 1.82. The first-order chi connectivity index (χ1) is 5.83. The Morgan fingerprint density at radius 1 is 1.50 bits per heavy atom. The number of aryl methyl sites for hydroxylation is 1. The largest absolute Gasteiger partial charge is 0.468 e. The molecule has 0 radical (unpaired) electrons. The number of fused-ring (bicyclic) bond motifs is 1. The van der Waals surface area contributed by atoms with Crippen LogP contribution in [0.25, 0.3) is 11.0 Å². The van der Waals surface area contributed by atoms with E-state index in [1.54, 1.807) is 19.5 Å². The van der Waals surface area contributed by atoms with Gasteiger partial charge in [-0.05, 0) is 6.07 Å². The summed E-state index contributed by atoms with van der Waals surface area (Å²) >= 11 is 0. The van der Waals surface area contributed by atoms with Gasteiger partial charge in [-0.25, -0.2) is 0 Å². The molecule has 62 valence electrons. The molecule has 4 nitrogen and oxygen atoms in total. The van der Waals surface area contributed by atoms with Gasteiger partial charge in [0.05, 0.1) is 24.3 Å². The van der Waals surface area contributed by atoms with Gasteiger partial charge in [0, 0.05) is 13.2 Å². The van der Waals surface area contributed by atoms with Crippen molar-refractivity contribution in [2.45, 2.75) is 0 Å². The van der Waals surface area contributed by atoms with Crippen molar-refractivity contribution in [3.8, 4) is 6.01 Å². The van der Waals surface area contributed by atoms with Crippen molar-refractivity contribution in [1.29, 1.82) is 0 Å². The molecule has 0 spiro atoms. The Hall–Kier alpha value is -1.58. The Bertz CT molecular complexity index is 408. The summed E-state index contributed by atoms with van der Waals surface area (Å²) in [5.74, 6) is 0. The lowest BCUT2D eigenvalue weighted by Crippen LogP contribution is -1.93. The van der Waals surface area contributed by atoms with Crippen LogP contribution in [-0.2, 0) is 7.05 Å². The Balaban J connectivity index is 2.78. The van der Waals surface area contributed by atoms with Gasteiger partial charge >= 0.3 is 0 Å². The monoisotopic (exact) mass is 163 g/mol. The summed E-state index contributed by atoms with van der Waals surface area (Å²) in [5.41, 5.74) is 1.89. The quantitative estimate of drug-likeness (QED) is 0.629. The lowest BCUT2D eigenvalue weighted by atomic mass is 10.4. The van der Waals surface area contributed by atoms with Gasteiger partial charge in [-0.15, -0.1) is 0 Å². The molecule has 0 atom stereocenters. The molecule has 0 aliphatic rings. The van der Waals surface area contributed by atoms with Crippen LogP contribution < -0.4 is 4.74 Å². The summed E-state index contributed by atoms with van der Waals surface area (Å²) in [7, 11) is 3.50. The molecule has 2 heterocycles. The van der Waals surface area contributed by atoms with Crippen LogP contribution in [0, 0.1) is 0 Å². The van der Waals surface area contributed by atoms with Gasteiger partial charge in [0.25, 0.3) is 6.01 Å². The Morgan fingerprint density at radius 3 is 3.00 bits per heavy atom. The molecule has 0 fully saturated rings. The van der Waals surface area contributed by atoms with Crippen LogP contribution >= 0.6 is 0 Å². The van der Waals surface area contributed by atoms with E-state index >= 15 is 0 Å². The molecule has 2 aromatic rings. The summed E-state index contributed by atoms with van der Waals surface area (Å²) in [6, 6.07) is 2.47. The summed E-state index contributed by atoms with van der Waals surface area (Å²) < 4.78 is 6.92. The van der Waals surface area contributed by atoms with Crippen LogP contribution in [0.2, 0.25) is 0 Å². The molecule has 0 aliphatic heterocycles. The zero-order valence-electron chi connectivity index (χ0n) is 6.98. The van der Waals surface area contributed by atoms with E-state index in [2.05, 4.69) is 9.97 Å². The first kappa shape index (κ1) is 7.09. The summed E-state index contributed by atoms with van der Waals surface area (Å²) in [6.45, 7) is 0. The first-order valence-electron chi connectivity index (χ1n) is 3.63. The zero-order valence-corrected chi connectivity index (χ0v) is 6.98. The molecule has 0 unspecified atom stereocenters. The number of rotatable bonds is 1. The highest BCUT2D eigenvalue weighted by molar-refractivity contribution is 5.75. The zero-order chi connectivity index (χ0) is 8.55. The minimum atomic E-state index is 0.609. The van der Waals surface area contributed by atoms with Crippen molar-refractivity contribution in [3.05, 3.63) is 18.5 Å². The normalized spacial score (nSPS) is 10.5. The molecule has 0 saturated heterocycles. The fourth-order valence-electron chi connectivity index (χ4n) is 1.20. The maximum atomic E-state index is 5.05. The molecule has 0 N–H and O–H groups in total. The molecule has 0 aromatic carbocycles. The highest BCUT2D eigenvalue weighted by Gasteiger charge is 2.05. The van der Waals surface area contributed by atoms with Crippen LogP contribution in [0.3, 0.4) is 0 Å². The molecule has 12 heavy (non-hydrogen) atoms. The smallest absolute Gasteiger partial charge is 0.296 e. The first-order valence-corrected chi connectivity index (χ1v) is 3.63. The van der Waals surface area contributed by atoms with Gasteiger partial charge in [0.15, 0.2) is 0 Å². The maximum absolute atomic E-state index is 5.05. The van der Waals surface area contributed by atoms with Crippen LogP contribution in [-0.4, -0.2) is 21.6 Å². The Labute approximate surface area is 69.8 Å². The predicted molar refractivity (Wildman–Crippen MR) is 45.1 cm³/mol. The van der Waals surface area contributed by atoms with Crippen molar-refractivity contribution < 1.29 is 4.74 Å². The number of hydrogen-bond acceptors (Lipinski definition) is 3. The molecule has 0 saturated carbocycles. The lowest BCUT2D eigenvalue weighted by molar-refractivity contribution is 0.368. The number of ether oxygens (including phenoxy) is 1. The minimum Gasteiger partial charge on any atom is -0.468 e. The Morgan fingerprint density at radius 2 is 2.33 bits per heavy atom. The molecular formula is C8H9N3O. The third kappa shape index (κ3) is 0.845. The molecule has 0 aliphatic carbocycles. The topological polar surface area (TPSA) is 39.9 Å². The van der Waals surface area contributed by atoms with Gasteiger partial charge in [-0.2, -0.15) is 4.98 Å². The predicted octanol–water partition coefficient (Wildman–Crippen LogP) is 0.977. The third-order valence-electron chi connectivity index (χ3n) is 1.82. The van der Waals surface area contributed by atoms with Gasteiger partial charge in [0.1, 0.15) is 0 Å². The average molecular weight is 163 g/mol. The van der Waals surface area contributed by atoms with Gasteiger partial charge in [0.2, 0.25) is 0 Å². The molecule has 2 aromatic heterocycles. The molecule has 4 heteroatoms. The van der Waals surface area contributed by atoms with Crippen molar-refractivity contribution >= 4 is 11.0 Å². The van der Waals surface area contributed by atoms with Crippen LogP contribution in [0.5, 0.6) is 6.01 Å². The van der Waals surface area contributed by atoms with Crippen LogP contribution in [0.1, 0.15) is 0 Å². The van der Waals surface area contributed by atoms with E-state index in [0.717, 1.165) is 11.0 Å². The fourth-order valence-corrected chi connectivity index (χ4v) is 1.20. The van der Waals surface area contributed by atoms with Crippen LogP contribution in [0.4, 0.5) is 0 Å². The summed E-state index contributed by atoms with van der Waals surface area (Å²) in [4.78, 5) is 8.24. The van der Waals surface area contributed by atoms with E-state index in [4.69, 9.17) is 4.74 Å². The molecule has 2 rings (SSSR count). The van der Waals surface area contributed by atoms with E-state index in [1.807, 2.05) is 17.7 Å². The number of imidazole rings is 1. The standard InChI is InChI=1S/C8H9N3O/c1-11-7-5-9-4-3-6(7)10-8(11)12-2/h3-5H,1-2H3. The lowest BCUT2D eigenvalue weighted by Gasteiger charge is -1.97. The van der Waals surface area contributed by atoms with Gasteiger partial charge in [-0.1, -0.05) is 0 Å². The number of methoxy groups -OCH3 is 1. The Kier molecular flexibility index (Phi) is 1.46. The van der Waals surface area contributed by atoms with E-state index < -0.39 is 0 Å². The van der Waals surface area contributed by atoms with E-state index in [-0.39, 0.29) is 0 Å². The SMILES string of the molecule is COc1nc2ccncc2n1C. The van der Waals surface area contributed by atoms with Crippen molar-refractivity contribution in [2.24, 2.45) is 7.05 Å². The summed E-state index contributed by atoms with van der Waals surface area (Å²) in [5, 5.41) is 0. The number of hydrogen-bond donors (Lipinski definition) is 0. The van der Waals surface area contributed by atoms with Gasteiger partial charge < -0.3 is 4.74 Å². The fraction of sp³-hybridized carbons (Fsp3) is 0.250. The van der Waals surface area contributed by atoms with Gasteiger partial charge in [-0.3, -0.25) is 9.55 Å². The van der Waals surface area contributed by atoms with E-state index in [9.17, 15) is 0 Å². The van der Waals surface area contributed by atoms with Crippen molar-refractivity contribution in [2.75, 3.05) is 7.11 Å². The van der Waals surface area contributed by atoms with E-state index in [0.29, 0.717) is 6.01 Å². The second-order valence-corrected chi connectivity index (χ2v) is 2.52. The minimum absolute atomic E-state index is 0.609. The highest BCUT2D eigenvalue weighted by atomic mass is 16.5. The van der Waals surface area contributed by atoms with Crippen molar-refractivity contribution in [1.82, 2.24) is 14.5 Å². The molecule has 0 bridgehead atoms. The number of nitrogens with zero attached hydrogens (tertiary/aromatic N) is 3. The molecular weight excluding hydrogens is 154 g/mol. The molecule has 0 amide bonds. The number of aromatic nitrogens is 3. The van der Waals surface area contributed by atoms with E-state index in [1.165, 1.54) is 0 Å². The number of pyridine rings is 1. The average Bonchev–Trinajstić information content (AvgIpc) is 2.44. The van der Waals surface area contributed by atoms with Crippen LogP contribution in [0.15, 0.2) is 18.5 Å². The maximum Gasteiger partial charge on any atom is 0.296 e. The summed E-state index contributed by atoms with van der Waals surface area (Å²) in [6.07, 6.45) is 3.49.